The van der Waals surface area contributed by atoms with Crippen molar-refractivity contribution in [3.8, 4) is 0 Å². The minimum atomic E-state index is -0.383. The monoisotopic (exact) mass is 418 g/mol. The molecule has 1 aromatic carbocycles. The second-order valence-corrected chi connectivity index (χ2v) is 8.00. The van der Waals surface area contributed by atoms with Crippen LogP contribution in [-0.4, -0.2) is 12.0 Å². The van der Waals surface area contributed by atoms with E-state index in [1.807, 2.05) is 7.05 Å². The van der Waals surface area contributed by atoms with Crippen LogP contribution in [0.25, 0.3) is 0 Å². The largest absolute Gasteiger partial charge is 0.313 e. The number of non-ortho nitro benzene ring substituents is 1. The molecule has 1 unspecified atom stereocenters. The zero-order valence-corrected chi connectivity index (χ0v) is 14.6. The molecule has 0 saturated heterocycles. The summed E-state index contributed by atoms with van der Waals surface area (Å²) in [5.41, 5.74) is 2.36. The fraction of sp³-hybridized carbons (Fsp3) is 0.231. The second-order valence-electron chi connectivity index (χ2n) is 4.25. The number of thiophene rings is 1. The highest BCUT2D eigenvalue weighted by atomic mass is 79.9. The van der Waals surface area contributed by atoms with Gasteiger partial charge in [0.2, 0.25) is 0 Å². The van der Waals surface area contributed by atoms with Gasteiger partial charge in [-0.1, -0.05) is 12.1 Å². The number of hydrogen-bond donors (Lipinski definition) is 1. The molecule has 106 valence electrons. The van der Waals surface area contributed by atoms with Crippen LogP contribution in [0.5, 0.6) is 0 Å². The third kappa shape index (κ3) is 3.66. The van der Waals surface area contributed by atoms with E-state index < -0.39 is 0 Å². The third-order valence-corrected chi connectivity index (χ3v) is 5.38. The maximum Gasteiger partial charge on any atom is 0.269 e. The summed E-state index contributed by atoms with van der Waals surface area (Å²) in [6, 6.07) is 8.94. The van der Waals surface area contributed by atoms with E-state index in [1.54, 1.807) is 35.6 Å². The van der Waals surface area contributed by atoms with E-state index in [4.69, 9.17) is 0 Å². The second kappa shape index (κ2) is 6.80. The van der Waals surface area contributed by atoms with Gasteiger partial charge in [0.1, 0.15) is 0 Å². The number of halogens is 2. The summed E-state index contributed by atoms with van der Waals surface area (Å²) in [5.74, 6) is 0. The van der Waals surface area contributed by atoms with E-state index in [9.17, 15) is 10.1 Å². The molecule has 7 heteroatoms. The summed E-state index contributed by atoms with van der Waals surface area (Å²) in [7, 11) is 1.91. The van der Waals surface area contributed by atoms with Crippen molar-refractivity contribution >= 4 is 48.9 Å². The number of benzene rings is 1. The lowest BCUT2D eigenvalue weighted by atomic mass is 10.0. The molecular formula is C13H12Br2N2O2S. The highest BCUT2D eigenvalue weighted by Gasteiger charge is 2.16. The van der Waals surface area contributed by atoms with Crippen LogP contribution in [0.3, 0.4) is 0 Å². The minimum Gasteiger partial charge on any atom is -0.313 e. The summed E-state index contributed by atoms with van der Waals surface area (Å²) in [6.07, 6.45) is 0.774. The number of likely N-dealkylation sites (N-methyl/N-ethyl adjacent to an activating group) is 1. The molecule has 0 spiro atoms. The van der Waals surface area contributed by atoms with Gasteiger partial charge in [-0.2, -0.15) is 0 Å². The first-order chi connectivity index (χ1) is 9.51. The van der Waals surface area contributed by atoms with Crippen molar-refractivity contribution in [3.05, 3.63) is 59.1 Å². The Morgan fingerprint density at radius 1 is 1.35 bits per heavy atom. The fourth-order valence-corrected chi connectivity index (χ4v) is 4.92. The number of nitrogens with zero attached hydrogens (tertiary/aromatic N) is 1. The first-order valence-electron chi connectivity index (χ1n) is 5.86. The lowest BCUT2D eigenvalue weighted by Gasteiger charge is -2.15. The summed E-state index contributed by atoms with van der Waals surface area (Å²) in [5, 5.41) is 13.9. The number of nitro groups is 1. The van der Waals surface area contributed by atoms with Crippen molar-refractivity contribution in [2.24, 2.45) is 0 Å². The smallest absolute Gasteiger partial charge is 0.269 e. The molecule has 0 amide bonds. The molecule has 0 aliphatic heterocycles. The molecule has 0 radical (unpaired) electrons. The normalized spacial score (nSPS) is 12.3. The molecule has 0 saturated carbocycles. The Kier molecular flexibility index (Phi) is 5.31. The summed E-state index contributed by atoms with van der Waals surface area (Å²) >= 11 is 8.67. The van der Waals surface area contributed by atoms with Crippen LogP contribution in [0.4, 0.5) is 5.69 Å². The molecule has 4 nitrogen and oxygen atoms in total. The van der Waals surface area contributed by atoms with Crippen molar-refractivity contribution < 1.29 is 4.92 Å². The lowest BCUT2D eigenvalue weighted by molar-refractivity contribution is -0.384. The van der Waals surface area contributed by atoms with Crippen LogP contribution in [0, 0.1) is 10.1 Å². The Bertz CT molecular complexity index is 613. The Morgan fingerprint density at radius 2 is 2.00 bits per heavy atom. The van der Waals surface area contributed by atoms with Crippen molar-refractivity contribution in [3.63, 3.8) is 0 Å². The molecule has 20 heavy (non-hydrogen) atoms. The Hall–Kier alpha value is -0.760. The molecule has 1 aromatic heterocycles. The summed E-state index contributed by atoms with van der Waals surface area (Å²) < 4.78 is 2.16. The zero-order valence-electron chi connectivity index (χ0n) is 10.6. The van der Waals surface area contributed by atoms with Crippen LogP contribution in [-0.2, 0) is 6.42 Å². The van der Waals surface area contributed by atoms with Crippen molar-refractivity contribution in [1.82, 2.24) is 5.32 Å². The van der Waals surface area contributed by atoms with E-state index in [0.717, 1.165) is 19.6 Å². The van der Waals surface area contributed by atoms with Gasteiger partial charge in [0.15, 0.2) is 0 Å². The van der Waals surface area contributed by atoms with Crippen LogP contribution < -0.4 is 5.32 Å². The van der Waals surface area contributed by atoms with E-state index in [2.05, 4.69) is 43.2 Å². The molecule has 1 atom stereocenters. The summed E-state index contributed by atoms with van der Waals surface area (Å²) in [4.78, 5) is 10.3. The topological polar surface area (TPSA) is 55.2 Å². The Labute approximate surface area is 137 Å². The molecule has 0 bridgehead atoms. The number of nitrogens with one attached hydrogen (secondary N) is 1. The van der Waals surface area contributed by atoms with Gasteiger partial charge in [-0.15, -0.1) is 11.3 Å². The van der Waals surface area contributed by atoms with Crippen LogP contribution >= 0.6 is 43.2 Å². The molecule has 2 aromatic rings. The molecule has 1 N–H and O–H groups in total. The highest BCUT2D eigenvalue weighted by molar-refractivity contribution is 9.12. The van der Waals surface area contributed by atoms with Gasteiger partial charge >= 0.3 is 0 Å². The van der Waals surface area contributed by atoms with Crippen LogP contribution in [0.2, 0.25) is 0 Å². The third-order valence-electron chi connectivity index (χ3n) is 2.99. The van der Waals surface area contributed by atoms with Gasteiger partial charge in [-0.25, -0.2) is 0 Å². The van der Waals surface area contributed by atoms with Crippen molar-refractivity contribution in [1.29, 1.82) is 0 Å². The minimum absolute atomic E-state index is 0.120. The predicted octanol–water partition coefficient (Wildman–Crippen LogP) is 4.68. The number of hydrogen-bond acceptors (Lipinski definition) is 4. The molecule has 0 fully saturated rings. The predicted molar refractivity (Wildman–Crippen MR) is 88.3 cm³/mol. The van der Waals surface area contributed by atoms with Gasteiger partial charge in [0.05, 0.1) is 12.5 Å². The van der Waals surface area contributed by atoms with Gasteiger partial charge in [-0.3, -0.25) is 10.1 Å². The van der Waals surface area contributed by atoms with E-state index in [-0.39, 0.29) is 16.7 Å². The Balaban J connectivity index is 2.18. The molecule has 1 heterocycles. The Morgan fingerprint density at radius 3 is 2.45 bits per heavy atom. The van der Waals surface area contributed by atoms with Gasteiger partial charge in [-0.05, 0) is 62.5 Å². The van der Waals surface area contributed by atoms with Gasteiger partial charge < -0.3 is 5.32 Å². The lowest BCUT2D eigenvalue weighted by Crippen LogP contribution is -2.18. The van der Waals surface area contributed by atoms with E-state index in [1.165, 1.54) is 5.56 Å². The van der Waals surface area contributed by atoms with Crippen LogP contribution in [0.15, 0.2) is 37.9 Å². The van der Waals surface area contributed by atoms with E-state index >= 15 is 0 Å². The van der Waals surface area contributed by atoms with Gasteiger partial charge in [0, 0.05) is 18.2 Å². The fourth-order valence-electron chi connectivity index (χ4n) is 1.95. The maximum absolute atomic E-state index is 10.6. The average Bonchev–Trinajstić information content (AvgIpc) is 2.75. The van der Waals surface area contributed by atoms with Crippen molar-refractivity contribution in [2.45, 2.75) is 12.5 Å². The van der Waals surface area contributed by atoms with Crippen LogP contribution in [0.1, 0.15) is 17.2 Å². The molecule has 0 aliphatic rings. The highest BCUT2D eigenvalue weighted by Crippen LogP contribution is 2.36. The molecule has 2 rings (SSSR count). The molecule has 0 aliphatic carbocycles. The average molecular weight is 420 g/mol. The van der Waals surface area contributed by atoms with Gasteiger partial charge in [0.25, 0.3) is 5.69 Å². The molecular weight excluding hydrogens is 408 g/mol. The number of nitro benzene ring substituents is 1. The SMILES string of the molecule is CNC(Cc1ccc([N+](=O)[O-])cc1)c1cc(Br)sc1Br. The maximum atomic E-state index is 10.6. The van der Waals surface area contributed by atoms with Crippen molar-refractivity contribution in [2.75, 3.05) is 7.05 Å². The first-order valence-corrected chi connectivity index (χ1v) is 8.27. The zero-order chi connectivity index (χ0) is 14.7. The first kappa shape index (κ1) is 15.6. The standard InChI is InChI=1S/C13H12Br2N2O2S/c1-16-11(10-7-12(14)20-13(10)15)6-8-2-4-9(5-3-8)17(18)19/h2-5,7,11,16H,6H2,1H3. The van der Waals surface area contributed by atoms with E-state index in [0.29, 0.717) is 0 Å². The summed E-state index contributed by atoms with van der Waals surface area (Å²) in [6.45, 7) is 0. The quantitative estimate of drug-likeness (QED) is 0.565. The number of rotatable bonds is 5.